The fourth-order valence-corrected chi connectivity index (χ4v) is 3.02. The van der Waals surface area contributed by atoms with E-state index in [1.165, 1.54) is 0 Å². The van der Waals surface area contributed by atoms with Gasteiger partial charge in [0, 0.05) is 37.6 Å². The van der Waals surface area contributed by atoms with Gasteiger partial charge in [-0.05, 0) is 43.3 Å². The van der Waals surface area contributed by atoms with E-state index in [0.29, 0.717) is 12.1 Å². The Bertz CT molecular complexity index is 764. The molecule has 1 aliphatic rings. The summed E-state index contributed by atoms with van der Waals surface area (Å²) in [5, 5.41) is 11.9. The fourth-order valence-electron chi connectivity index (χ4n) is 3.02. The van der Waals surface area contributed by atoms with Gasteiger partial charge in [-0.3, -0.25) is 9.69 Å². The summed E-state index contributed by atoms with van der Waals surface area (Å²) in [6.07, 6.45) is 0. The van der Waals surface area contributed by atoms with Crippen LogP contribution < -0.4 is 10.2 Å². The number of carboxylic acids is 1. The van der Waals surface area contributed by atoms with Crippen LogP contribution in [0.15, 0.2) is 48.5 Å². The van der Waals surface area contributed by atoms with E-state index < -0.39 is 5.97 Å². The van der Waals surface area contributed by atoms with E-state index >= 15 is 0 Å². The third kappa shape index (κ3) is 4.61. The van der Waals surface area contributed by atoms with Crippen LogP contribution in [0, 0.1) is 6.92 Å². The zero-order chi connectivity index (χ0) is 18.5. The smallest absolute Gasteiger partial charge is 0.335 e. The van der Waals surface area contributed by atoms with Crippen LogP contribution in [-0.4, -0.2) is 54.6 Å². The van der Waals surface area contributed by atoms with Gasteiger partial charge in [0.05, 0.1) is 12.1 Å². The summed E-state index contributed by atoms with van der Waals surface area (Å²) in [5.74, 6) is -0.922. The number of carbonyl (C=O) groups is 2. The zero-order valence-corrected chi connectivity index (χ0v) is 14.8. The molecule has 6 heteroatoms. The van der Waals surface area contributed by atoms with Crippen molar-refractivity contribution < 1.29 is 14.7 Å². The lowest BCUT2D eigenvalue weighted by Gasteiger charge is -2.35. The molecule has 1 aliphatic heterocycles. The topological polar surface area (TPSA) is 72.9 Å². The Morgan fingerprint density at radius 2 is 1.58 bits per heavy atom. The van der Waals surface area contributed by atoms with E-state index in [9.17, 15) is 9.59 Å². The number of piperazine rings is 1. The van der Waals surface area contributed by atoms with E-state index in [1.54, 1.807) is 12.1 Å². The van der Waals surface area contributed by atoms with E-state index in [2.05, 4.69) is 15.1 Å². The summed E-state index contributed by atoms with van der Waals surface area (Å²) in [4.78, 5) is 27.5. The Balaban J connectivity index is 1.48. The minimum atomic E-state index is -0.916. The number of aryl methyl sites for hydroxylation is 1. The van der Waals surface area contributed by atoms with Crippen molar-refractivity contribution in [3.05, 3.63) is 59.7 Å². The number of hydrogen-bond acceptors (Lipinski definition) is 4. The Labute approximate surface area is 153 Å². The van der Waals surface area contributed by atoms with E-state index in [-0.39, 0.29) is 5.91 Å². The van der Waals surface area contributed by atoms with Crippen molar-refractivity contribution in [1.82, 2.24) is 4.90 Å². The first kappa shape index (κ1) is 17.9. The highest BCUT2D eigenvalue weighted by Gasteiger charge is 2.19. The number of aromatic carboxylic acids is 1. The highest BCUT2D eigenvalue weighted by Crippen LogP contribution is 2.17. The molecule has 0 unspecified atom stereocenters. The molecule has 3 rings (SSSR count). The number of amides is 1. The average Bonchev–Trinajstić information content (AvgIpc) is 2.64. The third-order valence-electron chi connectivity index (χ3n) is 4.55. The van der Waals surface area contributed by atoms with E-state index in [1.807, 2.05) is 43.3 Å². The quantitative estimate of drug-likeness (QED) is 0.864. The first-order valence-electron chi connectivity index (χ1n) is 8.68. The molecule has 6 nitrogen and oxygen atoms in total. The molecule has 1 fully saturated rings. The van der Waals surface area contributed by atoms with Crippen molar-refractivity contribution in [3.63, 3.8) is 0 Å². The Kier molecular flexibility index (Phi) is 5.53. The Morgan fingerprint density at radius 1 is 0.962 bits per heavy atom. The standard InChI is InChI=1S/C20H23N3O3/c1-15-2-6-17(7-3-15)21-19(24)14-22-10-12-23(13-11-22)18-8-4-16(5-9-18)20(25)26/h2-9H,10-14H2,1H3,(H,21,24)(H,25,26). The maximum atomic E-state index is 12.2. The molecule has 0 saturated carbocycles. The molecular formula is C20H23N3O3. The second-order valence-electron chi connectivity index (χ2n) is 6.53. The van der Waals surface area contributed by atoms with Gasteiger partial charge in [-0.1, -0.05) is 17.7 Å². The second-order valence-corrected chi connectivity index (χ2v) is 6.53. The summed E-state index contributed by atoms with van der Waals surface area (Å²) >= 11 is 0. The van der Waals surface area contributed by atoms with E-state index in [0.717, 1.165) is 43.1 Å². The molecule has 0 bridgehead atoms. The normalized spacial score (nSPS) is 14.9. The monoisotopic (exact) mass is 353 g/mol. The summed E-state index contributed by atoms with van der Waals surface area (Å²) in [5.41, 5.74) is 3.28. The molecular weight excluding hydrogens is 330 g/mol. The van der Waals surface area contributed by atoms with Crippen LogP contribution in [0.3, 0.4) is 0 Å². The molecule has 136 valence electrons. The molecule has 2 aromatic carbocycles. The number of hydrogen-bond donors (Lipinski definition) is 2. The number of rotatable bonds is 5. The van der Waals surface area contributed by atoms with Crippen LogP contribution in [0.5, 0.6) is 0 Å². The van der Waals surface area contributed by atoms with Crippen LogP contribution in [0.4, 0.5) is 11.4 Å². The maximum absolute atomic E-state index is 12.2. The molecule has 1 heterocycles. The van der Waals surface area contributed by atoms with Crippen molar-refractivity contribution in [2.45, 2.75) is 6.92 Å². The maximum Gasteiger partial charge on any atom is 0.335 e. The lowest BCUT2D eigenvalue weighted by Crippen LogP contribution is -2.48. The third-order valence-corrected chi connectivity index (χ3v) is 4.55. The molecule has 2 aromatic rings. The summed E-state index contributed by atoms with van der Waals surface area (Å²) < 4.78 is 0. The average molecular weight is 353 g/mol. The second kappa shape index (κ2) is 8.01. The van der Waals surface area contributed by atoms with Crippen molar-refractivity contribution >= 4 is 23.3 Å². The summed E-state index contributed by atoms with van der Waals surface area (Å²) in [6.45, 7) is 5.60. The largest absolute Gasteiger partial charge is 0.478 e. The van der Waals surface area contributed by atoms with Crippen molar-refractivity contribution in [2.75, 3.05) is 42.9 Å². The Morgan fingerprint density at radius 3 is 2.15 bits per heavy atom. The molecule has 0 spiro atoms. The number of carboxylic acid groups (broad SMARTS) is 1. The molecule has 0 radical (unpaired) electrons. The van der Waals surface area contributed by atoms with Gasteiger partial charge in [-0.2, -0.15) is 0 Å². The lowest BCUT2D eigenvalue weighted by molar-refractivity contribution is -0.117. The summed E-state index contributed by atoms with van der Waals surface area (Å²) in [7, 11) is 0. The van der Waals surface area contributed by atoms with Crippen molar-refractivity contribution in [2.24, 2.45) is 0 Å². The van der Waals surface area contributed by atoms with Gasteiger partial charge in [0.2, 0.25) is 5.91 Å². The molecule has 0 aromatic heterocycles. The molecule has 26 heavy (non-hydrogen) atoms. The van der Waals surface area contributed by atoms with Gasteiger partial charge in [-0.25, -0.2) is 4.79 Å². The van der Waals surface area contributed by atoms with Crippen molar-refractivity contribution in [1.29, 1.82) is 0 Å². The highest BCUT2D eigenvalue weighted by molar-refractivity contribution is 5.92. The molecule has 1 amide bonds. The number of nitrogens with one attached hydrogen (secondary N) is 1. The SMILES string of the molecule is Cc1ccc(NC(=O)CN2CCN(c3ccc(C(=O)O)cc3)CC2)cc1. The molecule has 0 atom stereocenters. The predicted molar refractivity (Wildman–Crippen MR) is 102 cm³/mol. The van der Waals surface area contributed by atoms with Crippen LogP contribution >= 0.6 is 0 Å². The predicted octanol–water partition coefficient (Wildman–Crippen LogP) is 2.45. The first-order chi connectivity index (χ1) is 12.5. The number of benzene rings is 2. The fraction of sp³-hybridized carbons (Fsp3) is 0.300. The number of carbonyl (C=O) groups excluding carboxylic acids is 1. The molecule has 2 N–H and O–H groups in total. The lowest BCUT2D eigenvalue weighted by atomic mass is 10.2. The summed E-state index contributed by atoms with van der Waals surface area (Å²) in [6, 6.07) is 14.7. The van der Waals surface area contributed by atoms with Gasteiger partial charge in [0.15, 0.2) is 0 Å². The van der Waals surface area contributed by atoms with Gasteiger partial charge in [-0.15, -0.1) is 0 Å². The van der Waals surface area contributed by atoms with Gasteiger partial charge >= 0.3 is 5.97 Å². The van der Waals surface area contributed by atoms with Gasteiger partial charge < -0.3 is 15.3 Å². The van der Waals surface area contributed by atoms with E-state index in [4.69, 9.17) is 5.11 Å². The minimum Gasteiger partial charge on any atom is -0.478 e. The van der Waals surface area contributed by atoms with Crippen LogP contribution in [0.2, 0.25) is 0 Å². The minimum absolute atomic E-state index is 0.00638. The van der Waals surface area contributed by atoms with Crippen molar-refractivity contribution in [3.8, 4) is 0 Å². The molecule has 1 saturated heterocycles. The molecule has 0 aliphatic carbocycles. The van der Waals surface area contributed by atoms with Gasteiger partial charge in [0.1, 0.15) is 0 Å². The van der Waals surface area contributed by atoms with Crippen LogP contribution in [-0.2, 0) is 4.79 Å². The number of nitrogens with zero attached hydrogens (tertiary/aromatic N) is 2. The van der Waals surface area contributed by atoms with Gasteiger partial charge in [0.25, 0.3) is 0 Å². The Hall–Kier alpha value is -2.86. The van der Waals surface area contributed by atoms with Crippen LogP contribution in [0.1, 0.15) is 15.9 Å². The first-order valence-corrected chi connectivity index (χ1v) is 8.68. The van der Waals surface area contributed by atoms with Crippen LogP contribution in [0.25, 0.3) is 0 Å². The zero-order valence-electron chi connectivity index (χ0n) is 14.8. The number of anilines is 2. The highest BCUT2D eigenvalue weighted by atomic mass is 16.4.